The average Bonchev–Trinajstić information content (AvgIpc) is 3.29. The lowest BCUT2D eigenvalue weighted by Crippen LogP contribution is -2.23. The Balaban J connectivity index is 1.39. The van der Waals surface area contributed by atoms with Gasteiger partial charge in [-0.15, -0.1) is 0 Å². The predicted molar refractivity (Wildman–Crippen MR) is 130 cm³/mol. The molecule has 1 aliphatic carbocycles. The largest absolute Gasteiger partial charge is 0.326 e. The van der Waals surface area contributed by atoms with Crippen molar-refractivity contribution in [3.05, 3.63) is 93.5 Å². The molecule has 1 amide bonds. The monoisotopic (exact) mass is 495 g/mol. The molecule has 0 saturated heterocycles. The molecule has 0 spiro atoms. The number of carbonyl (C=O) groups excluding carboxylic acids is 1. The topological polar surface area (TPSA) is 64.0 Å². The average molecular weight is 496 g/mol. The fraction of sp³-hybridized carbons (Fsp3) is 0.192. The molecule has 0 aliphatic heterocycles. The van der Waals surface area contributed by atoms with Crippen LogP contribution in [0.3, 0.4) is 0 Å². The van der Waals surface area contributed by atoms with Gasteiger partial charge in [0.1, 0.15) is 11.2 Å². The van der Waals surface area contributed by atoms with E-state index in [4.69, 9.17) is 0 Å². The number of anilines is 1. The first-order chi connectivity index (χ1) is 16.9. The lowest BCUT2D eigenvalue weighted by Gasteiger charge is -2.14. The Hall–Kier alpha value is -3.59. The molecule has 9 heteroatoms. The van der Waals surface area contributed by atoms with E-state index in [9.17, 15) is 22.8 Å². The first kappa shape index (κ1) is 23.2. The number of hydrogen-bond acceptors (Lipinski definition) is 4. The molecule has 35 heavy (non-hydrogen) atoms. The van der Waals surface area contributed by atoms with Crippen molar-refractivity contribution in [2.24, 2.45) is 0 Å². The number of nitrogens with zero attached hydrogens (tertiary/aromatic N) is 2. The molecule has 3 aromatic carbocycles. The molecule has 4 aromatic rings. The molecule has 1 aliphatic rings. The summed E-state index contributed by atoms with van der Waals surface area (Å²) >= 11 is 1.10. The summed E-state index contributed by atoms with van der Waals surface area (Å²) in [6, 6.07) is 12.9. The van der Waals surface area contributed by atoms with Gasteiger partial charge in [0.15, 0.2) is 16.8 Å². The number of thioether (sulfide) groups is 1. The van der Waals surface area contributed by atoms with Crippen LogP contribution in [-0.2, 0) is 17.6 Å². The molecule has 0 fully saturated rings. The van der Waals surface area contributed by atoms with Gasteiger partial charge < -0.3 is 5.32 Å². The van der Waals surface area contributed by atoms with Crippen LogP contribution < -0.4 is 10.9 Å². The van der Waals surface area contributed by atoms with Gasteiger partial charge in [-0.1, -0.05) is 23.9 Å². The van der Waals surface area contributed by atoms with Crippen molar-refractivity contribution in [2.75, 3.05) is 11.1 Å². The number of aromatic nitrogens is 2. The highest BCUT2D eigenvalue weighted by Crippen LogP contribution is 2.26. The lowest BCUT2D eigenvalue weighted by atomic mass is 10.1. The zero-order valence-corrected chi connectivity index (χ0v) is 19.3. The third-order valence-corrected chi connectivity index (χ3v) is 6.86. The fourth-order valence-electron chi connectivity index (χ4n) is 4.23. The zero-order valence-electron chi connectivity index (χ0n) is 18.5. The second-order valence-electron chi connectivity index (χ2n) is 8.25. The first-order valence-electron chi connectivity index (χ1n) is 11.1. The molecular weight excluding hydrogens is 475 g/mol. The number of hydrogen-bond donors (Lipinski definition) is 1. The van der Waals surface area contributed by atoms with Crippen molar-refractivity contribution < 1.29 is 18.0 Å². The number of benzene rings is 3. The van der Waals surface area contributed by atoms with Gasteiger partial charge in [-0.3, -0.25) is 14.2 Å². The van der Waals surface area contributed by atoms with Crippen molar-refractivity contribution in [1.29, 1.82) is 0 Å². The van der Waals surface area contributed by atoms with Crippen molar-refractivity contribution in [1.82, 2.24) is 9.55 Å². The van der Waals surface area contributed by atoms with Crippen molar-refractivity contribution in [2.45, 2.75) is 30.8 Å². The molecule has 0 atom stereocenters. The number of halogens is 3. The minimum atomic E-state index is -1.15. The van der Waals surface area contributed by atoms with Crippen LogP contribution in [0.1, 0.15) is 24.0 Å². The van der Waals surface area contributed by atoms with E-state index >= 15 is 0 Å². The van der Waals surface area contributed by atoms with Crippen LogP contribution in [-0.4, -0.2) is 21.2 Å². The summed E-state index contributed by atoms with van der Waals surface area (Å²) in [7, 11) is 0. The van der Waals surface area contributed by atoms with E-state index in [-0.39, 0.29) is 39.8 Å². The molecule has 0 unspecified atom stereocenters. The van der Waals surface area contributed by atoms with Gasteiger partial charge in [-0.25, -0.2) is 18.2 Å². The smallest absolute Gasteiger partial charge is 0.269 e. The number of aryl methyl sites for hydroxylation is 2. The quantitative estimate of drug-likeness (QED) is 0.287. The maximum absolute atomic E-state index is 14.4. The fourth-order valence-corrected chi connectivity index (χ4v) is 5.18. The summed E-state index contributed by atoms with van der Waals surface area (Å²) in [4.78, 5) is 30.1. The van der Waals surface area contributed by atoms with Gasteiger partial charge in [-0.2, -0.15) is 0 Å². The van der Waals surface area contributed by atoms with E-state index in [1.165, 1.54) is 29.3 Å². The van der Waals surface area contributed by atoms with Crippen molar-refractivity contribution in [3.63, 3.8) is 0 Å². The summed E-state index contributed by atoms with van der Waals surface area (Å²) in [5.74, 6) is -2.93. The minimum Gasteiger partial charge on any atom is -0.326 e. The van der Waals surface area contributed by atoms with Crippen LogP contribution in [0.2, 0.25) is 0 Å². The summed E-state index contributed by atoms with van der Waals surface area (Å²) in [6.45, 7) is 0. The molecule has 0 radical (unpaired) electrons. The number of rotatable bonds is 6. The summed E-state index contributed by atoms with van der Waals surface area (Å²) < 4.78 is 42.9. The summed E-state index contributed by atoms with van der Waals surface area (Å²) in [5.41, 5.74) is 2.70. The van der Waals surface area contributed by atoms with Crippen LogP contribution >= 0.6 is 11.8 Å². The van der Waals surface area contributed by atoms with Gasteiger partial charge in [0, 0.05) is 23.9 Å². The van der Waals surface area contributed by atoms with E-state index in [0.717, 1.165) is 59.5 Å². The van der Waals surface area contributed by atoms with Crippen LogP contribution in [0.4, 0.5) is 18.9 Å². The Morgan fingerprint density at radius 2 is 1.80 bits per heavy atom. The highest BCUT2D eigenvalue weighted by atomic mass is 32.2. The Morgan fingerprint density at radius 1 is 0.971 bits per heavy atom. The van der Waals surface area contributed by atoms with Gasteiger partial charge in [0.25, 0.3) is 5.56 Å². The van der Waals surface area contributed by atoms with Gasteiger partial charge >= 0.3 is 0 Å². The molecule has 1 N–H and O–H groups in total. The number of fused-ring (bicyclic) bond motifs is 2. The predicted octanol–water partition coefficient (Wildman–Crippen LogP) is 5.41. The van der Waals surface area contributed by atoms with E-state index in [1.54, 1.807) is 0 Å². The molecular formula is C26H20F3N3O2S. The highest BCUT2D eigenvalue weighted by molar-refractivity contribution is 7.99. The van der Waals surface area contributed by atoms with E-state index < -0.39 is 23.0 Å². The van der Waals surface area contributed by atoms with Crippen molar-refractivity contribution in [3.8, 4) is 5.69 Å². The Labute approximate surface area is 203 Å². The Morgan fingerprint density at radius 3 is 2.63 bits per heavy atom. The molecule has 5 nitrogen and oxygen atoms in total. The lowest BCUT2D eigenvalue weighted by molar-refractivity contribution is -0.115. The molecule has 1 aromatic heterocycles. The molecule has 0 saturated carbocycles. The number of nitrogens with one attached hydrogen (secondary N) is 1. The van der Waals surface area contributed by atoms with Gasteiger partial charge in [0.2, 0.25) is 5.91 Å². The SMILES string of the molecule is O=C(CCSc1nc2cccc(F)c2c(=O)n1-c1ccc(F)c(F)c1)Nc1ccc2c(c1)CCC2. The van der Waals surface area contributed by atoms with Crippen LogP contribution in [0, 0.1) is 17.5 Å². The number of amides is 1. The van der Waals surface area contributed by atoms with Gasteiger partial charge in [0.05, 0.1) is 11.2 Å². The second-order valence-corrected chi connectivity index (χ2v) is 9.31. The summed E-state index contributed by atoms with van der Waals surface area (Å²) in [6.07, 6.45) is 3.30. The highest BCUT2D eigenvalue weighted by Gasteiger charge is 2.18. The standard InChI is InChI=1S/C26H20F3N3O2S/c27-19-10-9-18(14-21(19)29)32-25(34)24-20(28)5-2-6-22(24)31-26(32)35-12-11-23(33)30-17-8-7-15-3-1-4-16(15)13-17/h2,5-10,13-14H,1,3-4,11-12H2,(H,30,33). The van der Waals surface area contributed by atoms with E-state index in [1.807, 2.05) is 18.2 Å². The second kappa shape index (κ2) is 9.58. The minimum absolute atomic E-state index is 0.0108. The summed E-state index contributed by atoms with van der Waals surface area (Å²) in [5, 5.41) is 2.77. The van der Waals surface area contributed by atoms with Crippen molar-refractivity contribution >= 4 is 34.3 Å². The molecule has 5 rings (SSSR count). The Bertz CT molecular complexity index is 1520. The maximum Gasteiger partial charge on any atom is 0.269 e. The molecule has 0 bridgehead atoms. The van der Waals surface area contributed by atoms with E-state index in [0.29, 0.717) is 0 Å². The van der Waals surface area contributed by atoms with Crippen LogP contribution in [0.5, 0.6) is 0 Å². The Kier molecular flexibility index (Phi) is 6.34. The normalized spacial score (nSPS) is 12.7. The van der Waals surface area contributed by atoms with E-state index in [2.05, 4.69) is 10.3 Å². The zero-order chi connectivity index (χ0) is 24.5. The number of carbonyl (C=O) groups is 1. The maximum atomic E-state index is 14.4. The molecule has 178 valence electrons. The third kappa shape index (κ3) is 4.68. The first-order valence-corrected chi connectivity index (χ1v) is 12.1. The van der Waals surface area contributed by atoms with Gasteiger partial charge in [-0.05, 0) is 66.8 Å². The molecule has 1 heterocycles. The van der Waals surface area contributed by atoms with Crippen LogP contribution in [0.25, 0.3) is 16.6 Å². The van der Waals surface area contributed by atoms with Crippen LogP contribution in [0.15, 0.2) is 64.5 Å². The third-order valence-electron chi connectivity index (χ3n) is 5.92.